The molecule has 2 amide bonds. The molecule has 0 unspecified atom stereocenters. The van der Waals surface area contributed by atoms with Gasteiger partial charge in [0.05, 0.1) is 30.5 Å². The summed E-state index contributed by atoms with van der Waals surface area (Å²) in [5.74, 6) is 0.00402. The van der Waals surface area contributed by atoms with Crippen LogP contribution in [0.5, 0.6) is 11.5 Å². The second kappa shape index (κ2) is 9.96. The van der Waals surface area contributed by atoms with Crippen LogP contribution in [0.1, 0.15) is 10.4 Å². The van der Waals surface area contributed by atoms with Gasteiger partial charge < -0.3 is 24.7 Å². The maximum atomic E-state index is 12.8. The lowest BCUT2D eigenvalue weighted by Crippen LogP contribution is -2.19. The third kappa shape index (κ3) is 5.06. The number of nitrogens with zero attached hydrogens (tertiary/aromatic N) is 2. The number of methoxy groups -OCH3 is 2. The number of hydrogen-bond donors (Lipinski definition) is 2. The van der Waals surface area contributed by atoms with Gasteiger partial charge in [-0.25, -0.2) is 0 Å². The van der Waals surface area contributed by atoms with Gasteiger partial charge in [0.2, 0.25) is 5.91 Å². The Balaban J connectivity index is 1.53. The van der Waals surface area contributed by atoms with Crippen LogP contribution in [-0.2, 0) is 11.3 Å². The molecule has 35 heavy (non-hydrogen) atoms. The van der Waals surface area contributed by atoms with E-state index < -0.39 is 4.92 Å². The van der Waals surface area contributed by atoms with Crippen molar-refractivity contribution in [3.05, 3.63) is 88.6 Å². The van der Waals surface area contributed by atoms with E-state index in [0.717, 1.165) is 0 Å². The van der Waals surface area contributed by atoms with Gasteiger partial charge in [-0.3, -0.25) is 19.7 Å². The number of anilines is 2. The molecule has 3 aromatic carbocycles. The molecule has 0 atom stereocenters. The average molecular weight is 474 g/mol. The Kier molecular flexibility index (Phi) is 6.63. The van der Waals surface area contributed by atoms with E-state index in [2.05, 4.69) is 10.6 Å². The lowest BCUT2D eigenvalue weighted by molar-refractivity contribution is -0.384. The van der Waals surface area contributed by atoms with Gasteiger partial charge in [-0.15, -0.1) is 0 Å². The fourth-order valence-corrected chi connectivity index (χ4v) is 3.66. The van der Waals surface area contributed by atoms with Crippen LogP contribution in [0.25, 0.3) is 10.9 Å². The largest absolute Gasteiger partial charge is 0.494 e. The number of nitro benzene ring substituents is 1. The molecule has 0 aliphatic rings. The highest BCUT2D eigenvalue weighted by atomic mass is 16.6. The predicted octanol–water partition coefficient (Wildman–Crippen LogP) is 4.46. The number of nitrogens with one attached hydrogen (secondary N) is 2. The Hall–Kier alpha value is -4.86. The summed E-state index contributed by atoms with van der Waals surface area (Å²) in [5, 5.41) is 17.2. The van der Waals surface area contributed by atoms with Crippen LogP contribution in [0.15, 0.2) is 72.9 Å². The minimum atomic E-state index is -0.463. The van der Waals surface area contributed by atoms with E-state index in [0.29, 0.717) is 39.3 Å². The van der Waals surface area contributed by atoms with Crippen LogP contribution in [0.4, 0.5) is 17.1 Å². The summed E-state index contributed by atoms with van der Waals surface area (Å²) in [4.78, 5) is 35.9. The molecule has 0 spiro atoms. The number of amides is 2. The van der Waals surface area contributed by atoms with Gasteiger partial charge in [-0.1, -0.05) is 18.2 Å². The first-order valence-electron chi connectivity index (χ1n) is 10.5. The van der Waals surface area contributed by atoms with Crippen LogP contribution < -0.4 is 20.1 Å². The Morgan fingerprint density at radius 1 is 0.914 bits per heavy atom. The molecule has 10 nitrogen and oxygen atoms in total. The van der Waals surface area contributed by atoms with Crippen molar-refractivity contribution in [1.29, 1.82) is 0 Å². The molecule has 4 aromatic rings. The summed E-state index contributed by atoms with van der Waals surface area (Å²) in [6, 6.07) is 18.0. The quantitative estimate of drug-likeness (QED) is 0.287. The molecule has 1 heterocycles. The molecule has 1 aromatic heterocycles. The Bertz CT molecular complexity index is 1410. The summed E-state index contributed by atoms with van der Waals surface area (Å²) in [7, 11) is 2.91. The number of non-ortho nitro benzene ring substituents is 1. The molecule has 0 saturated carbocycles. The van der Waals surface area contributed by atoms with Gasteiger partial charge in [0, 0.05) is 46.9 Å². The highest BCUT2D eigenvalue weighted by Gasteiger charge is 2.17. The monoisotopic (exact) mass is 474 g/mol. The van der Waals surface area contributed by atoms with E-state index in [1.807, 2.05) is 6.07 Å². The zero-order chi connectivity index (χ0) is 24.9. The average Bonchev–Trinajstić information content (AvgIpc) is 3.26. The Labute approximate surface area is 200 Å². The molecule has 0 bridgehead atoms. The number of nitro groups is 1. The van der Waals surface area contributed by atoms with Gasteiger partial charge in [-0.2, -0.15) is 0 Å². The number of fused-ring (bicyclic) bond motifs is 1. The van der Waals surface area contributed by atoms with Crippen molar-refractivity contribution < 1.29 is 24.0 Å². The van der Waals surface area contributed by atoms with Gasteiger partial charge in [0.25, 0.3) is 11.6 Å². The molecule has 4 rings (SSSR count). The van der Waals surface area contributed by atoms with Crippen LogP contribution in [0.2, 0.25) is 0 Å². The van der Waals surface area contributed by atoms with Gasteiger partial charge in [0.15, 0.2) is 0 Å². The summed E-state index contributed by atoms with van der Waals surface area (Å²) < 4.78 is 12.5. The van der Waals surface area contributed by atoms with E-state index >= 15 is 0 Å². The molecule has 10 heteroatoms. The summed E-state index contributed by atoms with van der Waals surface area (Å²) in [5.41, 5.74) is 1.90. The van der Waals surface area contributed by atoms with Crippen molar-refractivity contribution in [3.63, 3.8) is 0 Å². The molecule has 178 valence electrons. The number of carbonyl (C=O) groups is 2. The number of benzene rings is 3. The van der Waals surface area contributed by atoms with Gasteiger partial charge in [-0.05, 0) is 24.3 Å². The molecular formula is C25H22N4O6. The number of aromatic nitrogens is 1. The second-order valence-corrected chi connectivity index (χ2v) is 7.56. The molecule has 2 N–H and O–H groups in total. The summed E-state index contributed by atoms with van der Waals surface area (Å²) in [6.45, 7) is -0.0285. The number of hydrogen-bond acceptors (Lipinski definition) is 6. The fourth-order valence-electron chi connectivity index (χ4n) is 3.66. The van der Waals surface area contributed by atoms with E-state index in [1.165, 1.54) is 26.4 Å². The van der Waals surface area contributed by atoms with Crippen molar-refractivity contribution in [3.8, 4) is 11.5 Å². The first-order chi connectivity index (χ1) is 16.9. The molecule has 0 radical (unpaired) electrons. The summed E-state index contributed by atoms with van der Waals surface area (Å²) >= 11 is 0. The second-order valence-electron chi connectivity index (χ2n) is 7.56. The van der Waals surface area contributed by atoms with Crippen molar-refractivity contribution in [2.24, 2.45) is 0 Å². The lowest BCUT2D eigenvalue weighted by atomic mass is 10.2. The van der Waals surface area contributed by atoms with Crippen molar-refractivity contribution in [1.82, 2.24) is 4.57 Å². The number of rotatable bonds is 8. The zero-order valence-corrected chi connectivity index (χ0v) is 19.0. The van der Waals surface area contributed by atoms with Gasteiger partial charge in [0.1, 0.15) is 18.0 Å². The van der Waals surface area contributed by atoms with E-state index in [9.17, 15) is 19.7 Å². The third-order valence-electron chi connectivity index (χ3n) is 5.36. The smallest absolute Gasteiger partial charge is 0.270 e. The Morgan fingerprint density at radius 3 is 2.20 bits per heavy atom. The van der Waals surface area contributed by atoms with Crippen molar-refractivity contribution in [2.75, 3.05) is 24.9 Å². The van der Waals surface area contributed by atoms with Crippen LogP contribution >= 0.6 is 0 Å². The maximum Gasteiger partial charge on any atom is 0.270 e. The number of carbonyl (C=O) groups excluding carboxylic acids is 2. The third-order valence-corrected chi connectivity index (χ3v) is 5.36. The first-order valence-corrected chi connectivity index (χ1v) is 10.5. The highest BCUT2D eigenvalue weighted by molar-refractivity contribution is 6.05. The van der Waals surface area contributed by atoms with Crippen LogP contribution in [0.3, 0.4) is 0 Å². The minimum absolute atomic E-state index is 0.0176. The van der Waals surface area contributed by atoms with Crippen molar-refractivity contribution >= 4 is 39.8 Å². The molecular weight excluding hydrogens is 452 g/mol. The molecule has 0 aliphatic carbocycles. The summed E-state index contributed by atoms with van der Waals surface area (Å²) in [6.07, 6.45) is 1.69. The normalized spacial score (nSPS) is 10.6. The first kappa shape index (κ1) is 23.3. The molecule has 0 fully saturated rings. The Morgan fingerprint density at radius 2 is 1.57 bits per heavy atom. The van der Waals surface area contributed by atoms with Crippen molar-refractivity contribution in [2.45, 2.75) is 6.54 Å². The minimum Gasteiger partial charge on any atom is -0.494 e. The predicted molar refractivity (Wildman–Crippen MR) is 131 cm³/mol. The number of ether oxygens (including phenoxy) is 2. The fraction of sp³-hybridized carbons (Fsp3) is 0.120. The van der Waals surface area contributed by atoms with Gasteiger partial charge >= 0.3 is 0 Å². The molecule has 0 saturated heterocycles. The van der Waals surface area contributed by atoms with E-state index in [-0.39, 0.29) is 24.0 Å². The van der Waals surface area contributed by atoms with E-state index in [1.54, 1.807) is 59.3 Å². The zero-order valence-electron chi connectivity index (χ0n) is 19.0. The standard InChI is InChI=1S/C25H22N4O6/c1-34-22-14-20(27-25(31)16-6-4-3-5-7-16)23(35-2)13-19(22)26-24(30)15-28-11-10-17-12-18(29(32)33)8-9-21(17)28/h3-14H,15H2,1-2H3,(H,26,30)(H,27,31). The topological polar surface area (TPSA) is 125 Å². The van der Waals surface area contributed by atoms with E-state index in [4.69, 9.17) is 9.47 Å². The van der Waals surface area contributed by atoms with Crippen LogP contribution in [-0.4, -0.2) is 35.5 Å². The SMILES string of the molecule is COc1cc(NC(=O)c2ccccc2)c(OC)cc1NC(=O)Cn1ccc2cc([N+](=O)[O-])ccc21. The lowest BCUT2D eigenvalue weighted by Gasteiger charge is -2.16. The highest BCUT2D eigenvalue weighted by Crippen LogP contribution is 2.36. The van der Waals surface area contributed by atoms with Crippen LogP contribution in [0, 0.1) is 10.1 Å². The molecule has 0 aliphatic heterocycles. The maximum absolute atomic E-state index is 12.8.